The molecular formula is C18H22BrNO. The third kappa shape index (κ3) is 3.78. The summed E-state index contributed by atoms with van der Waals surface area (Å²) in [7, 11) is 0. The lowest BCUT2D eigenvalue weighted by Crippen LogP contribution is -2.31. The standard InChI is InChI=1S/C18H22BrNO/c19-18-16-8-3-2-7-15(16)9-10-17(18)21-14-6-13-20-11-4-1-5-12-20/h2-3,7-10H,1,4-6,11-14H2. The Kier molecular flexibility index (Phi) is 5.15. The van der Waals surface area contributed by atoms with Gasteiger partial charge in [-0.1, -0.05) is 36.8 Å². The van der Waals surface area contributed by atoms with Crippen LogP contribution in [0, 0.1) is 0 Å². The van der Waals surface area contributed by atoms with Crippen LogP contribution in [0.3, 0.4) is 0 Å². The number of hydrogen-bond donors (Lipinski definition) is 0. The average Bonchev–Trinajstić information content (AvgIpc) is 2.55. The molecule has 3 heteroatoms. The predicted molar refractivity (Wildman–Crippen MR) is 92.1 cm³/mol. The van der Waals surface area contributed by atoms with Gasteiger partial charge in [0.15, 0.2) is 0 Å². The molecule has 1 aliphatic rings. The van der Waals surface area contributed by atoms with Crippen molar-refractivity contribution in [3.8, 4) is 5.75 Å². The molecule has 1 heterocycles. The van der Waals surface area contributed by atoms with Crippen molar-refractivity contribution in [1.29, 1.82) is 0 Å². The van der Waals surface area contributed by atoms with E-state index in [0.717, 1.165) is 29.8 Å². The molecule has 0 spiro atoms. The molecule has 1 fully saturated rings. The Hall–Kier alpha value is -1.06. The zero-order valence-corrected chi connectivity index (χ0v) is 13.9. The van der Waals surface area contributed by atoms with Crippen LogP contribution < -0.4 is 4.74 Å². The van der Waals surface area contributed by atoms with Gasteiger partial charge in [-0.3, -0.25) is 0 Å². The number of nitrogens with zero attached hydrogens (tertiary/aromatic N) is 1. The first kappa shape index (κ1) is 14.9. The summed E-state index contributed by atoms with van der Waals surface area (Å²) >= 11 is 3.68. The number of rotatable bonds is 5. The lowest BCUT2D eigenvalue weighted by Gasteiger charge is -2.26. The number of hydrogen-bond acceptors (Lipinski definition) is 2. The van der Waals surface area contributed by atoms with Crippen molar-refractivity contribution in [2.75, 3.05) is 26.2 Å². The van der Waals surface area contributed by atoms with Gasteiger partial charge >= 0.3 is 0 Å². The van der Waals surface area contributed by atoms with E-state index >= 15 is 0 Å². The quantitative estimate of drug-likeness (QED) is 0.716. The van der Waals surface area contributed by atoms with Crippen LogP contribution in [0.5, 0.6) is 5.75 Å². The molecule has 1 aliphatic heterocycles. The van der Waals surface area contributed by atoms with E-state index in [9.17, 15) is 0 Å². The van der Waals surface area contributed by atoms with Crippen molar-refractivity contribution in [3.63, 3.8) is 0 Å². The molecule has 2 aromatic carbocycles. The molecule has 2 aromatic rings. The second-order valence-corrected chi connectivity index (χ2v) is 6.50. The van der Waals surface area contributed by atoms with Crippen LogP contribution in [0.2, 0.25) is 0 Å². The first-order valence-electron chi connectivity index (χ1n) is 7.87. The summed E-state index contributed by atoms with van der Waals surface area (Å²) in [6.07, 6.45) is 5.21. The summed E-state index contributed by atoms with van der Waals surface area (Å²) in [5.74, 6) is 0.951. The second-order valence-electron chi connectivity index (χ2n) is 5.70. The molecule has 112 valence electrons. The van der Waals surface area contributed by atoms with Crippen molar-refractivity contribution in [2.45, 2.75) is 25.7 Å². The molecular weight excluding hydrogens is 326 g/mol. The molecule has 3 rings (SSSR count). The van der Waals surface area contributed by atoms with Gasteiger partial charge < -0.3 is 9.64 Å². The Bertz CT molecular complexity index is 593. The van der Waals surface area contributed by atoms with Crippen LogP contribution in [-0.4, -0.2) is 31.1 Å². The van der Waals surface area contributed by atoms with Crippen molar-refractivity contribution < 1.29 is 4.74 Å². The number of halogens is 1. The van der Waals surface area contributed by atoms with E-state index in [2.05, 4.69) is 57.2 Å². The molecule has 0 atom stereocenters. The van der Waals surface area contributed by atoms with Crippen LogP contribution >= 0.6 is 15.9 Å². The minimum absolute atomic E-state index is 0.785. The van der Waals surface area contributed by atoms with Crippen LogP contribution in [0.25, 0.3) is 10.8 Å². The van der Waals surface area contributed by atoms with Crippen LogP contribution in [0.1, 0.15) is 25.7 Å². The molecule has 0 aromatic heterocycles. The van der Waals surface area contributed by atoms with Crippen molar-refractivity contribution in [2.24, 2.45) is 0 Å². The van der Waals surface area contributed by atoms with Crippen LogP contribution in [0.4, 0.5) is 0 Å². The van der Waals surface area contributed by atoms with E-state index in [1.54, 1.807) is 0 Å². The molecule has 0 radical (unpaired) electrons. The van der Waals surface area contributed by atoms with Crippen molar-refractivity contribution >= 4 is 26.7 Å². The SMILES string of the molecule is Brc1c(OCCCN2CCCCC2)ccc2ccccc12. The maximum absolute atomic E-state index is 5.96. The maximum Gasteiger partial charge on any atom is 0.134 e. The van der Waals surface area contributed by atoms with E-state index in [4.69, 9.17) is 4.74 Å². The monoisotopic (exact) mass is 347 g/mol. The summed E-state index contributed by atoms with van der Waals surface area (Å²) in [5, 5.41) is 2.45. The van der Waals surface area contributed by atoms with E-state index in [1.165, 1.54) is 43.1 Å². The second kappa shape index (κ2) is 7.28. The molecule has 0 aliphatic carbocycles. The van der Waals surface area contributed by atoms with Gasteiger partial charge in [0.25, 0.3) is 0 Å². The van der Waals surface area contributed by atoms with Gasteiger partial charge in [0.2, 0.25) is 0 Å². The highest BCUT2D eigenvalue weighted by molar-refractivity contribution is 9.10. The smallest absolute Gasteiger partial charge is 0.134 e. The minimum Gasteiger partial charge on any atom is -0.492 e. The number of piperidine rings is 1. The lowest BCUT2D eigenvalue weighted by molar-refractivity contribution is 0.204. The normalized spacial score (nSPS) is 16.2. The number of fused-ring (bicyclic) bond motifs is 1. The zero-order valence-electron chi connectivity index (χ0n) is 12.4. The third-order valence-electron chi connectivity index (χ3n) is 4.15. The largest absolute Gasteiger partial charge is 0.492 e. The summed E-state index contributed by atoms with van der Waals surface area (Å²) in [5.41, 5.74) is 0. The van der Waals surface area contributed by atoms with Crippen LogP contribution in [-0.2, 0) is 0 Å². The van der Waals surface area contributed by atoms with E-state index in [1.807, 2.05) is 0 Å². The number of likely N-dealkylation sites (tertiary alicyclic amines) is 1. The summed E-state index contributed by atoms with van der Waals surface area (Å²) < 4.78 is 7.03. The fourth-order valence-electron chi connectivity index (χ4n) is 2.98. The Labute approximate surface area is 135 Å². The van der Waals surface area contributed by atoms with E-state index in [-0.39, 0.29) is 0 Å². The minimum atomic E-state index is 0.785. The van der Waals surface area contributed by atoms with Crippen LogP contribution in [0.15, 0.2) is 40.9 Å². The Morgan fingerprint density at radius 1 is 1.00 bits per heavy atom. The van der Waals surface area contributed by atoms with Gasteiger partial charge in [-0.2, -0.15) is 0 Å². The highest BCUT2D eigenvalue weighted by Crippen LogP contribution is 2.33. The molecule has 0 N–H and O–H groups in total. The topological polar surface area (TPSA) is 12.5 Å². The first-order valence-corrected chi connectivity index (χ1v) is 8.66. The Balaban J connectivity index is 1.54. The summed E-state index contributed by atoms with van der Waals surface area (Å²) in [6.45, 7) is 4.47. The lowest BCUT2D eigenvalue weighted by atomic mass is 10.1. The van der Waals surface area contributed by atoms with Crippen molar-refractivity contribution in [3.05, 3.63) is 40.9 Å². The number of ether oxygens (including phenoxy) is 1. The van der Waals surface area contributed by atoms with E-state index in [0.29, 0.717) is 0 Å². The zero-order chi connectivity index (χ0) is 14.5. The highest BCUT2D eigenvalue weighted by Gasteiger charge is 2.10. The Morgan fingerprint density at radius 2 is 1.81 bits per heavy atom. The Morgan fingerprint density at radius 3 is 2.67 bits per heavy atom. The highest BCUT2D eigenvalue weighted by atomic mass is 79.9. The van der Waals surface area contributed by atoms with E-state index < -0.39 is 0 Å². The summed E-state index contributed by atoms with van der Waals surface area (Å²) in [6, 6.07) is 12.6. The molecule has 0 saturated carbocycles. The maximum atomic E-state index is 5.96. The van der Waals surface area contributed by atoms with Gasteiger partial charge in [-0.15, -0.1) is 0 Å². The molecule has 1 saturated heterocycles. The number of benzene rings is 2. The fraction of sp³-hybridized carbons (Fsp3) is 0.444. The molecule has 0 unspecified atom stereocenters. The van der Waals surface area contributed by atoms with Gasteiger partial charge in [-0.25, -0.2) is 0 Å². The molecule has 2 nitrogen and oxygen atoms in total. The summed E-state index contributed by atoms with van der Waals surface area (Å²) in [4.78, 5) is 2.56. The van der Waals surface area contributed by atoms with Gasteiger partial charge in [0.05, 0.1) is 11.1 Å². The first-order chi connectivity index (χ1) is 10.3. The third-order valence-corrected chi connectivity index (χ3v) is 4.97. The van der Waals surface area contributed by atoms with Gasteiger partial charge in [-0.05, 0) is 65.1 Å². The van der Waals surface area contributed by atoms with Gasteiger partial charge in [0.1, 0.15) is 5.75 Å². The van der Waals surface area contributed by atoms with Crippen molar-refractivity contribution in [1.82, 2.24) is 4.90 Å². The molecule has 21 heavy (non-hydrogen) atoms. The average molecular weight is 348 g/mol. The van der Waals surface area contributed by atoms with Gasteiger partial charge in [0, 0.05) is 6.54 Å². The fourth-order valence-corrected chi connectivity index (χ4v) is 3.59. The molecule has 0 amide bonds. The predicted octanol–water partition coefficient (Wildman–Crippen LogP) is 4.86. The molecule has 0 bridgehead atoms.